The van der Waals surface area contributed by atoms with Crippen LogP contribution in [0.4, 0.5) is 0 Å². The molecule has 0 saturated heterocycles. The normalized spacial score (nSPS) is 13.4. The topological polar surface area (TPSA) is 89.5 Å². The first-order chi connectivity index (χ1) is 13.4. The van der Waals surface area contributed by atoms with E-state index in [1.54, 1.807) is 41.5 Å². The summed E-state index contributed by atoms with van der Waals surface area (Å²) in [7, 11) is 2.91. The van der Waals surface area contributed by atoms with Crippen LogP contribution in [-0.2, 0) is 9.47 Å². The first-order valence-corrected chi connectivity index (χ1v) is 9.27. The number of methoxy groups -OCH3 is 2. The molecule has 1 aromatic rings. The van der Waals surface area contributed by atoms with Crippen LogP contribution in [0.2, 0.25) is 0 Å². The molecule has 162 valence electrons. The molecular weight excluding hydrogens is 380 g/mol. The van der Waals surface area contributed by atoms with Crippen LogP contribution >= 0.6 is 0 Å². The van der Waals surface area contributed by atoms with Crippen LogP contribution in [0.1, 0.15) is 62.3 Å². The van der Waals surface area contributed by atoms with E-state index >= 15 is 0 Å². The summed E-state index contributed by atoms with van der Waals surface area (Å²) >= 11 is 0. The molecule has 0 spiro atoms. The van der Waals surface area contributed by atoms with Crippen molar-refractivity contribution in [3.05, 3.63) is 11.1 Å². The van der Waals surface area contributed by atoms with E-state index in [4.69, 9.17) is 28.4 Å². The average Bonchev–Trinajstić information content (AvgIpc) is 3.09. The number of ketones is 2. The highest BCUT2D eigenvalue weighted by atomic mass is 16.7. The van der Waals surface area contributed by atoms with Gasteiger partial charge in [-0.2, -0.15) is 0 Å². The average molecular weight is 410 g/mol. The number of benzene rings is 1. The number of Topliss-reactive ketones (excluding diaryl/α,β-unsaturated/α-hetero) is 2. The van der Waals surface area contributed by atoms with Gasteiger partial charge >= 0.3 is 0 Å². The minimum absolute atomic E-state index is 0.0701. The fourth-order valence-corrected chi connectivity index (χ4v) is 2.76. The molecule has 29 heavy (non-hydrogen) atoms. The van der Waals surface area contributed by atoms with Crippen LogP contribution in [0, 0.1) is 10.8 Å². The molecule has 2 rings (SSSR count). The molecule has 1 aliphatic rings. The van der Waals surface area contributed by atoms with Gasteiger partial charge in [0.1, 0.15) is 11.1 Å². The second-order valence-corrected chi connectivity index (χ2v) is 8.73. The molecule has 0 bridgehead atoms. The van der Waals surface area contributed by atoms with Gasteiger partial charge < -0.3 is 28.4 Å². The minimum Gasteiger partial charge on any atom is -0.463 e. The van der Waals surface area contributed by atoms with Gasteiger partial charge in [-0.3, -0.25) is 9.59 Å². The number of ether oxygens (including phenoxy) is 6. The van der Waals surface area contributed by atoms with Gasteiger partial charge in [-0.05, 0) is 0 Å². The van der Waals surface area contributed by atoms with E-state index in [9.17, 15) is 9.59 Å². The number of rotatable bonds is 8. The summed E-state index contributed by atoms with van der Waals surface area (Å²) in [6, 6.07) is 0. The smallest absolute Gasteiger partial charge is 0.231 e. The molecule has 1 aliphatic heterocycles. The highest BCUT2D eigenvalue weighted by molar-refractivity contribution is 6.12. The largest absolute Gasteiger partial charge is 0.463 e. The molecule has 0 unspecified atom stereocenters. The summed E-state index contributed by atoms with van der Waals surface area (Å²) in [6.07, 6.45) is 0. The van der Waals surface area contributed by atoms with Gasteiger partial charge in [0, 0.05) is 25.0 Å². The number of hydrogen-bond donors (Lipinski definition) is 0. The Bertz CT molecular complexity index is 719. The van der Waals surface area contributed by atoms with E-state index in [2.05, 4.69) is 0 Å². The van der Waals surface area contributed by atoms with Gasteiger partial charge in [0.05, 0.1) is 0 Å². The van der Waals surface area contributed by atoms with Crippen LogP contribution in [0.3, 0.4) is 0 Å². The highest BCUT2D eigenvalue weighted by Gasteiger charge is 2.42. The lowest BCUT2D eigenvalue weighted by Crippen LogP contribution is -2.25. The van der Waals surface area contributed by atoms with Crippen LogP contribution in [0.25, 0.3) is 0 Å². The Labute approximate surface area is 171 Å². The van der Waals surface area contributed by atoms with Gasteiger partial charge in [0.2, 0.25) is 6.79 Å². The number of carbonyl (C=O) groups excluding carboxylic acids is 2. The summed E-state index contributed by atoms with van der Waals surface area (Å²) in [6.45, 7) is 10.2. The third-order valence-electron chi connectivity index (χ3n) is 4.19. The third-order valence-corrected chi connectivity index (χ3v) is 4.19. The first kappa shape index (κ1) is 23.0. The molecule has 0 amide bonds. The zero-order valence-corrected chi connectivity index (χ0v) is 18.4. The van der Waals surface area contributed by atoms with E-state index in [1.165, 1.54) is 14.2 Å². The van der Waals surface area contributed by atoms with Crippen molar-refractivity contribution in [2.24, 2.45) is 10.8 Å². The Hall–Kier alpha value is -2.32. The molecule has 0 N–H and O–H groups in total. The molecular formula is C21H30O8. The second-order valence-electron chi connectivity index (χ2n) is 8.73. The number of fused-ring (bicyclic) bond motifs is 1. The lowest BCUT2D eigenvalue weighted by atomic mass is 9.82. The molecule has 0 saturated carbocycles. The summed E-state index contributed by atoms with van der Waals surface area (Å²) in [5.41, 5.74) is -1.20. The summed E-state index contributed by atoms with van der Waals surface area (Å²) < 4.78 is 32.8. The zero-order valence-electron chi connectivity index (χ0n) is 18.4. The van der Waals surface area contributed by atoms with Gasteiger partial charge in [-0.25, -0.2) is 0 Å². The Balaban J connectivity index is 2.90. The Morgan fingerprint density at radius 1 is 0.759 bits per heavy atom. The summed E-state index contributed by atoms with van der Waals surface area (Å²) in [5, 5.41) is 0. The van der Waals surface area contributed by atoms with Crippen LogP contribution in [-0.4, -0.2) is 46.2 Å². The Morgan fingerprint density at radius 2 is 1.10 bits per heavy atom. The fraction of sp³-hybridized carbons (Fsp3) is 0.619. The molecule has 0 fully saturated rings. The van der Waals surface area contributed by atoms with Crippen molar-refractivity contribution in [2.45, 2.75) is 41.5 Å². The standard InChI is InChI=1S/C21H30O8/c1-20(2,3)18(22)12-14(26-9-24-7)15(27-10-25-8)13(19(23)21(4,5)6)17-16(12)28-11-29-17/h9-11H2,1-8H3. The maximum Gasteiger partial charge on any atom is 0.231 e. The lowest BCUT2D eigenvalue weighted by Gasteiger charge is -2.26. The van der Waals surface area contributed by atoms with Gasteiger partial charge in [0.25, 0.3) is 0 Å². The van der Waals surface area contributed by atoms with E-state index in [-0.39, 0.29) is 66.1 Å². The van der Waals surface area contributed by atoms with Crippen LogP contribution in [0.15, 0.2) is 0 Å². The van der Waals surface area contributed by atoms with E-state index < -0.39 is 10.8 Å². The van der Waals surface area contributed by atoms with Gasteiger partial charge in [-0.1, -0.05) is 41.5 Å². The van der Waals surface area contributed by atoms with Gasteiger partial charge in [0.15, 0.2) is 48.2 Å². The maximum absolute atomic E-state index is 13.3. The molecule has 0 aromatic heterocycles. The van der Waals surface area contributed by atoms with Crippen molar-refractivity contribution in [1.82, 2.24) is 0 Å². The maximum atomic E-state index is 13.3. The highest BCUT2D eigenvalue weighted by Crippen LogP contribution is 2.53. The van der Waals surface area contributed by atoms with Crippen LogP contribution < -0.4 is 18.9 Å². The minimum atomic E-state index is -0.751. The van der Waals surface area contributed by atoms with Crippen molar-refractivity contribution in [2.75, 3.05) is 34.6 Å². The van der Waals surface area contributed by atoms with E-state index in [0.29, 0.717) is 0 Å². The van der Waals surface area contributed by atoms with E-state index in [0.717, 1.165) is 0 Å². The monoisotopic (exact) mass is 410 g/mol. The first-order valence-electron chi connectivity index (χ1n) is 9.27. The third kappa shape index (κ3) is 4.64. The Kier molecular flexibility index (Phi) is 6.80. The predicted octanol–water partition coefficient (Wildman–Crippen LogP) is 3.84. The second kappa shape index (κ2) is 8.59. The fourth-order valence-electron chi connectivity index (χ4n) is 2.76. The molecule has 0 atom stereocenters. The predicted molar refractivity (Wildman–Crippen MR) is 105 cm³/mol. The molecule has 8 nitrogen and oxygen atoms in total. The van der Waals surface area contributed by atoms with Gasteiger partial charge in [-0.15, -0.1) is 0 Å². The zero-order chi connectivity index (χ0) is 22.0. The number of hydrogen-bond acceptors (Lipinski definition) is 8. The number of carbonyl (C=O) groups is 2. The lowest BCUT2D eigenvalue weighted by molar-refractivity contribution is 0.0304. The quantitative estimate of drug-likeness (QED) is 0.472. The molecule has 1 aromatic carbocycles. The molecule has 0 radical (unpaired) electrons. The van der Waals surface area contributed by atoms with Crippen molar-refractivity contribution in [1.29, 1.82) is 0 Å². The SMILES string of the molecule is COCOc1c(OCOC)c(C(=O)C(C)(C)C)c2c(c1C(=O)C(C)(C)C)OCO2. The van der Waals surface area contributed by atoms with E-state index in [1.807, 2.05) is 0 Å². The molecule has 8 heteroatoms. The van der Waals surface area contributed by atoms with Crippen LogP contribution in [0.5, 0.6) is 23.0 Å². The van der Waals surface area contributed by atoms with Crippen molar-refractivity contribution in [3.63, 3.8) is 0 Å². The summed E-state index contributed by atoms with van der Waals surface area (Å²) in [4.78, 5) is 26.6. The Morgan fingerprint density at radius 3 is 1.38 bits per heavy atom. The molecule has 1 heterocycles. The molecule has 0 aliphatic carbocycles. The van der Waals surface area contributed by atoms with Crippen molar-refractivity contribution in [3.8, 4) is 23.0 Å². The van der Waals surface area contributed by atoms with Crippen molar-refractivity contribution >= 4 is 11.6 Å². The summed E-state index contributed by atoms with van der Waals surface area (Å²) in [5.74, 6) is -0.00658. The van der Waals surface area contributed by atoms with Crippen molar-refractivity contribution < 1.29 is 38.0 Å².